The van der Waals surface area contributed by atoms with E-state index in [0.717, 1.165) is 35.5 Å². The second kappa shape index (κ2) is 11.1. The molecular weight excluding hydrogens is 414 g/mol. The van der Waals surface area contributed by atoms with Crippen LogP contribution in [-0.2, 0) is 4.74 Å². The summed E-state index contributed by atoms with van der Waals surface area (Å²) in [6.45, 7) is 4.77. The number of carbonyl (C=O) groups excluding carboxylic acids is 2. The highest BCUT2D eigenvalue weighted by atomic mass is 32.1. The van der Waals surface area contributed by atoms with Crippen molar-refractivity contribution in [1.29, 1.82) is 0 Å². The average Bonchev–Trinajstić information content (AvgIpc) is 3.20. The number of nitrogens with one attached hydrogen (secondary N) is 2. The van der Waals surface area contributed by atoms with Crippen molar-refractivity contribution >= 4 is 34.2 Å². The standard InChI is InChI=1S/C23H25N3O4S/c1-3-5-15-30-18-13-11-17(12-14-18)24-22(28)26-23-25-19(16-9-7-6-8-10-16)20(31-23)21(27)29-4-2/h6-14H,3-5,15H2,1-2H3,(H2,24,25,26,28). The number of hydrogen-bond acceptors (Lipinski definition) is 6. The number of thiazole rings is 1. The van der Waals surface area contributed by atoms with Gasteiger partial charge in [0.1, 0.15) is 10.6 Å². The second-order valence-electron chi connectivity index (χ2n) is 6.59. The zero-order valence-electron chi connectivity index (χ0n) is 17.5. The van der Waals surface area contributed by atoms with Crippen molar-refractivity contribution in [2.24, 2.45) is 0 Å². The van der Waals surface area contributed by atoms with Crippen molar-refractivity contribution in [3.8, 4) is 17.0 Å². The number of anilines is 2. The fourth-order valence-electron chi connectivity index (χ4n) is 2.73. The maximum Gasteiger partial charge on any atom is 0.350 e. The summed E-state index contributed by atoms with van der Waals surface area (Å²) in [5, 5.41) is 5.75. The number of esters is 1. The summed E-state index contributed by atoms with van der Waals surface area (Å²) >= 11 is 1.08. The Balaban J connectivity index is 1.69. The first-order valence-corrected chi connectivity index (χ1v) is 11.0. The SMILES string of the molecule is CCCCOc1ccc(NC(=O)Nc2nc(-c3ccccc3)c(C(=O)OCC)s2)cc1. The highest BCUT2D eigenvalue weighted by Gasteiger charge is 2.21. The monoisotopic (exact) mass is 439 g/mol. The molecule has 31 heavy (non-hydrogen) atoms. The fourth-order valence-corrected chi connectivity index (χ4v) is 3.61. The van der Waals surface area contributed by atoms with Gasteiger partial charge >= 0.3 is 12.0 Å². The Morgan fingerprint density at radius 3 is 2.42 bits per heavy atom. The molecule has 8 heteroatoms. The minimum atomic E-state index is -0.467. The van der Waals surface area contributed by atoms with Crippen molar-refractivity contribution in [2.45, 2.75) is 26.7 Å². The summed E-state index contributed by atoms with van der Waals surface area (Å²) in [7, 11) is 0. The Morgan fingerprint density at radius 1 is 1.00 bits per heavy atom. The van der Waals surface area contributed by atoms with Crippen LogP contribution in [0.4, 0.5) is 15.6 Å². The van der Waals surface area contributed by atoms with Crippen LogP contribution in [-0.4, -0.2) is 30.2 Å². The molecular formula is C23H25N3O4S. The molecule has 1 heterocycles. The number of aromatic nitrogens is 1. The van der Waals surface area contributed by atoms with Crippen LogP contribution in [0.3, 0.4) is 0 Å². The second-order valence-corrected chi connectivity index (χ2v) is 7.59. The molecule has 0 aliphatic heterocycles. The van der Waals surface area contributed by atoms with E-state index in [4.69, 9.17) is 9.47 Å². The van der Waals surface area contributed by atoms with Gasteiger partial charge in [0.2, 0.25) is 0 Å². The molecule has 0 saturated carbocycles. The van der Waals surface area contributed by atoms with E-state index in [2.05, 4.69) is 22.5 Å². The van der Waals surface area contributed by atoms with E-state index in [1.165, 1.54) is 0 Å². The van der Waals surface area contributed by atoms with Crippen LogP contribution in [0, 0.1) is 0 Å². The van der Waals surface area contributed by atoms with E-state index in [1.54, 1.807) is 31.2 Å². The maximum atomic E-state index is 12.4. The van der Waals surface area contributed by atoms with Gasteiger partial charge in [-0.1, -0.05) is 55.0 Å². The van der Waals surface area contributed by atoms with E-state index < -0.39 is 12.0 Å². The van der Waals surface area contributed by atoms with Gasteiger partial charge in [0, 0.05) is 11.3 Å². The summed E-state index contributed by atoms with van der Waals surface area (Å²) in [6.07, 6.45) is 2.06. The molecule has 0 unspecified atom stereocenters. The average molecular weight is 440 g/mol. The molecule has 0 atom stereocenters. The van der Waals surface area contributed by atoms with Crippen molar-refractivity contribution in [3.63, 3.8) is 0 Å². The smallest absolute Gasteiger partial charge is 0.350 e. The molecule has 7 nitrogen and oxygen atoms in total. The molecule has 162 valence electrons. The van der Waals surface area contributed by atoms with E-state index in [9.17, 15) is 9.59 Å². The van der Waals surface area contributed by atoms with E-state index in [0.29, 0.717) is 28.0 Å². The van der Waals surface area contributed by atoms with Crippen LogP contribution >= 0.6 is 11.3 Å². The fraction of sp³-hybridized carbons (Fsp3) is 0.261. The molecule has 0 spiro atoms. The third-order valence-corrected chi connectivity index (χ3v) is 5.19. The highest BCUT2D eigenvalue weighted by Crippen LogP contribution is 2.32. The summed E-state index contributed by atoms with van der Waals surface area (Å²) in [5.74, 6) is 0.289. The van der Waals surface area contributed by atoms with Gasteiger partial charge in [-0.15, -0.1) is 0 Å². The molecule has 0 aliphatic carbocycles. The topological polar surface area (TPSA) is 89.5 Å². The maximum absolute atomic E-state index is 12.4. The lowest BCUT2D eigenvalue weighted by Crippen LogP contribution is -2.19. The van der Waals surface area contributed by atoms with Crippen molar-refractivity contribution in [1.82, 2.24) is 4.98 Å². The number of rotatable bonds is 9. The summed E-state index contributed by atoms with van der Waals surface area (Å²) < 4.78 is 10.8. The molecule has 0 saturated heterocycles. The lowest BCUT2D eigenvalue weighted by atomic mass is 10.1. The van der Waals surface area contributed by atoms with Gasteiger partial charge in [-0.05, 0) is 37.6 Å². The molecule has 1 aromatic heterocycles. The van der Waals surface area contributed by atoms with Crippen LogP contribution in [0.1, 0.15) is 36.4 Å². The Kier molecular flexibility index (Phi) is 8.00. The van der Waals surface area contributed by atoms with E-state index >= 15 is 0 Å². The number of amides is 2. The molecule has 3 aromatic rings. The number of nitrogens with zero attached hydrogens (tertiary/aromatic N) is 1. The number of hydrogen-bond donors (Lipinski definition) is 2. The number of benzene rings is 2. The summed E-state index contributed by atoms with van der Waals surface area (Å²) in [4.78, 5) is 29.6. The minimum Gasteiger partial charge on any atom is -0.494 e. The quantitative estimate of drug-likeness (QED) is 0.324. The zero-order valence-corrected chi connectivity index (χ0v) is 18.3. The van der Waals surface area contributed by atoms with E-state index in [1.807, 2.05) is 30.3 Å². The highest BCUT2D eigenvalue weighted by molar-refractivity contribution is 7.18. The van der Waals surface area contributed by atoms with Gasteiger partial charge in [-0.2, -0.15) is 0 Å². The summed E-state index contributed by atoms with van der Waals surface area (Å²) in [6, 6.07) is 16.0. The van der Waals surface area contributed by atoms with Gasteiger partial charge in [0.25, 0.3) is 0 Å². The summed E-state index contributed by atoms with van der Waals surface area (Å²) in [5.41, 5.74) is 1.87. The van der Waals surface area contributed by atoms with E-state index in [-0.39, 0.29) is 6.61 Å². The van der Waals surface area contributed by atoms with Crippen molar-refractivity contribution in [3.05, 3.63) is 59.5 Å². The lowest BCUT2D eigenvalue weighted by molar-refractivity contribution is 0.0532. The predicted octanol–water partition coefficient (Wildman–Crippen LogP) is 5.81. The number of carbonyl (C=O) groups is 2. The molecule has 0 aliphatic rings. The van der Waals surface area contributed by atoms with Crippen LogP contribution in [0.5, 0.6) is 5.75 Å². The first-order valence-electron chi connectivity index (χ1n) is 10.1. The molecule has 3 rings (SSSR count). The molecule has 0 radical (unpaired) electrons. The molecule has 2 N–H and O–H groups in total. The largest absolute Gasteiger partial charge is 0.494 e. The number of ether oxygens (including phenoxy) is 2. The Labute approximate surface area is 185 Å². The first kappa shape index (κ1) is 22.3. The number of urea groups is 1. The minimum absolute atomic E-state index is 0.256. The van der Waals surface area contributed by atoms with Gasteiger partial charge in [-0.3, -0.25) is 5.32 Å². The van der Waals surface area contributed by atoms with Crippen molar-refractivity contribution in [2.75, 3.05) is 23.8 Å². The van der Waals surface area contributed by atoms with Crippen molar-refractivity contribution < 1.29 is 19.1 Å². The van der Waals surface area contributed by atoms with Crippen LogP contribution < -0.4 is 15.4 Å². The Hall–Kier alpha value is -3.39. The van der Waals surface area contributed by atoms with Crippen LogP contribution in [0.15, 0.2) is 54.6 Å². The predicted molar refractivity (Wildman–Crippen MR) is 123 cm³/mol. The van der Waals surface area contributed by atoms with Gasteiger partial charge in [0.05, 0.1) is 18.9 Å². The molecule has 0 fully saturated rings. The first-order chi connectivity index (χ1) is 15.1. The number of unbranched alkanes of at least 4 members (excludes halogenated alkanes) is 1. The molecule has 0 bridgehead atoms. The lowest BCUT2D eigenvalue weighted by Gasteiger charge is -2.08. The Bertz CT molecular complexity index is 1000. The third kappa shape index (κ3) is 6.29. The van der Waals surface area contributed by atoms with Gasteiger partial charge in [-0.25, -0.2) is 14.6 Å². The van der Waals surface area contributed by atoms with Gasteiger partial charge < -0.3 is 14.8 Å². The zero-order chi connectivity index (χ0) is 22.1. The normalized spacial score (nSPS) is 10.4. The van der Waals surface area contributed by atoms with Crippen LogP contribution in [0.25, 0.3) is 11.3 Å². The van der Waals surface area contributed by atoms with Crippen LogP contribution in [0.2, 0.25) is 0 Å². The Morgan fingerprint density at radius 2 is 1.74 bits per heavy atom. The molecule has 2 aromatic carbocycles. The van der Waals surface area contributed by atoms with Gasteiger partial charge in [0.15, 0.2) is 5.13 Å². The molecule has 2 amide bonds. The third-order valence-electron chi connectivity index (χ3n) is 4.23.